The van der Waals surface area contributed by atoms with Gasteiger partial charge in [0.05, 0.1) is 0 Å². The molecule has 1 aliphatic heterocycles. The first-order valence-electron chi connectivity index (χ1n) is 7.97. The Kier molecular flexibility index (Phi) is 6.26. The van der Waals surface area contributed by atoms with Crippen LogP contribution in [0.5, 0.6) is 5.75 Å². The molecule has 1 N–H and O–H groups in total. The molecule has 0 saturated carbocycles. The van der Waals surface area contributed by atoms with Crippen LogP contribution in [-0.2, 0) is 4.08 Å². The quantitative estimate of drug-likeness (QED) is 0.441. The van der Waals surface area contributed by atoms with Gasteiger partial charge in [-0.05, 0) is 0 Å². The van der Waals surface area contributed by atoms with E-state index in [9.17, 15) is 4.79 Å². The number of hydrogen-bond acceptors (Lipinski definition) is 4. The Morgan fingerprint density at radius 2 is 1.92 bits per heavy atom. The van der Waals surface area contributed by atoms with Crippen LogP contribution in [-0.4, -0.2) is 45.2 Å². The molecule has 0 saturated heterocycles. The van der Waals surface area contributed by atoms with Crippen LogP contribution in [0, 0.1) is 10.7 Å². The molecule has 0 amide bonds. The first kappa shape index (κ1) is 19.3. The molecular formula is C20H18O3S2Se. The molecule has 3 rings (SSSR count). The van der Waals surface area contributed by atoms with Crippen molar-refractivity contribution in [2.75, 3.05) is 19.1 Å². The van der Waals surface area contributed by atoms with E-state index in [0.717, 1.165) is 28.8 Å². The van der Waals surface area contributed by atoms with E-state index in [-0.39, 0.29) is 24.6 Å². The minimum atomic E-state index is -0.923. The van der Waals surface area contributed by atoms with E-state index in [1.807, 2.05) is 23.5 Å². The van der Waals surface area contributed by atoms with Gasteiger partial charge in [0.15, 0.2) is 0 Å². The molecule has 26 heavy (non-hydrogen) atoms. The Morgan fingerprint density at radius 3 is 2.58 bits per heavy atom. The number of para-hydroxylation sites is 1. The summed E-state index contributed by atoms with van der Waals surface area (Å²) < 4.78 is 7.23. The third kappa shape index (κ3) is 3.92. The van der Waals surface area contributed by atoms with Crippen LogP contribution < -0.4 is 9.20 Å². The van der Waals surface area contributed by atoms with Crippen molar-refractivity contribution in [3.05, 3.63) is 59.2 Å². The number of rotatable bonds is 4. The second-order valence-electron chi connectivity index (χ2n) is 5.60. The Labute approximate surface area is 168 Å². The van der Waals surface area contributed by atoms with Gasteiger partial charge in [-0.15, -0.1) is 0 Å². The first-order chi connectivity index (χ1) is 12.6. The molecule has 6 heteroatoms. The van der Waals surface area contributed by atoms with Crippen LogP contribution in [0.3, 0.4) is 0 Å². The van der Waals surface area contributed by atoms with Crippen molar-refractivity contribution >= 4 is 48.9 Å². The van der Waals surface area contributed by atoms with E-state index in [0.29, 0.717) is 0 Å². The van der Waals surface area contributed by atoms with Gasteiger partial charge in [-0.3, -0.25) is 0 Å². The van der Waals surface area contributed by atoms with Crippen LogP contribution >= 0.6 is 23.5 Å². The standard InChI is InChI=1S/C20H18O3S2Se/c1-24-20(25-2)11-12-23-18-16(20)4-3-5-17(18)26-13-10-14-6-8-15(9-7-14)19(21)22/h3-9H,11-12H2,1-2H3,(H,21,22). The average Bonchev–Trinajstić information content (AvgIpc) is 2.68. The second-order valence-corrected chi connectivity index (χ2v) is 9.85. The molecule has 134 valence electrons. The fourth-order valence-electron chi connectivity index (χ4n) is 2.81. The van der Waals surface area contributed by atoms with Crippen molar-refractivity contribution in [1.82, 2.24) is 0 Å². The van der Waals surface area contributed by atoms with Crippen LogP contribution in [0.4, 0.5) is 0 Å². The van der Waals surface area contributed by atoms with Crippen molar-refractivity contribution in [3.8, 4) is 16.5 Å². The van der Waals surface area contributed by atoms with Crippen molar-refractivity contribution in [2.45, 2.75) is 10.5 Å². The van der Waals surface area contributed by atoms with E-state index in [1.165, 1.54) is 5.56 Å². The summed E-state index contributed by atoms with van der Waals surface area (Å²) >= 11 is 3.72. The van der Waals surface area contributed by atoms with Gasteiger partial charge < -0.3 is 0 Å². The zero-order chi connectivity index (χ0) is 18.6. The molecule has 0 atom stereocenters. The summed E-state index contributed by atoms with van der Waals surface area (Å²) in [5, 5.41) is 8.95. The van der Waals surface area contributed by atoms with Gasteiger partial charge in [0.25, 0.3) is 0 Å². The molecule has 0 unspecified atom stereocenters. The number of benzene rings is 2. The number of ether oxygens (including phenoxy) is 1. The molecule has 0 fully saturated rings. The molecule has 0 aromatic heterocycles. The maximum atomic E-state index is 10.9. The molecule has 0 spiro atoms. The predicted molar refractivity (Wildman–Crippen MR) is 111 cm³/mol. The molecule has 0 radical (unpaired) electrons. The summed E-state index contributed by atoms with van der Waals surface area (Å²) in [6.45, 7) is 0.728. The molecule has 1 aliphatic rings. The van der Waals surface area contributed by atoms with E-state index >= 15 is 0 Å². The van der Waals surface area contributed by atoms with Gasteiger partial charge in [0.1, 0.15) is 0 Å². The summed E-state index contributed by atoms with van der Waals surface area (Å²) in [6.07, 6.45) is 5.31. The number of carboxylic acid groups (broad SMARTS) is 1. The van der Waals surface area contributed by atoms with Gasteiger partial charge in [-0.25, -0.2) is 0 Å². The fraction of sp³-hybridized carbons (Fsp3) is 0.250. The number of thioether (sulfide) groups is 2. The molecule has 1 heterocycles. The number of hydrogen-bond donors (Lipinski definition) is 1. The number of aromatic carboxylic acids is 1. The Balaban J connectivity index is 1.83. The van der Waals surface area contributed by atoms with Crippen molar-refractivity contribution in [1.29, 1.82) is 0 Å². The first-order valence-corrected chi connectivity index (χ1v) is 12.1. The maximum absolute atomic E-state index is 10.9. The molecule has 3 nitrogen and oxygen atoms in total. The van der Waals surface area contributed by atoms with Crippen LogP contribution in [0.25, 0.3) is 0 Å². The van der Waals surface area contributed by atoms with Crippen molar-refractivity contribution in [3.63, 3.8) is 0 Å². The Morgan fingerprint density at radius 1 is 1.19 bits per heavy atom. The Bertz CT molecular complexity index is 865. The van der Waals surface area contributed by atoms with Crippen LogP contribution in [0.15, 0.2) is 42.5 Å². The number of carbonyl (C=O) groups is 1. The van der Waals surface area contributed by atoms with Gasteiger partial charge in [-0.2, -0.15) is 0 Å². The third-order valence-corrected chi connectivity index (χ3v) is 8.95. The normalized spacial score (nSPS) is 14.5. The van der Waals surface area contributed by atoms with Crippen LogP contribution in [0.2, 0.25) is 0 Å². The topological polar surface area (TPSA) is 46.5 Å². The van der Waals surface area contributed by atoms with E-state index < -0.39 is 5.97 Å². The molecule has 2 aromatic rings. The van der Waals surface area contributed by atoms with E-state index in [1.54, 1.807) is 24.3 Å². The summed E-state index contributed by atoms with van der Waals surface area (Å²) in [5.74, 6) is 3.21. The summed E-state index contributed by atoms with van der Waals surface area (Å²) in [5.41, 5.74) is 2.36. The zero-order valence-corrected chi connectivity index (χ0v) is 17.8. The number of fused-ring (bicyclic) bond motifs is 1. The van der Waals surface area contributed by atoms with E-state index in [2.05, 4.69) is 41.4 Å². The zero-order valence-electron chi connectivity index (χ0n) is 14.4. The van der Waals surface area contributed by atoms with Crippen molar-refractivity contribution < 1.29 is 14.6 Å². The summed E-state index contributed by atoms with van der Waals surface area (Å²) in [7, 11) is 0. The summed E-state index contributed by atoms with van der Waals surface area (Å²) in [6, 6.07) is 13.0. The molecule has 0 aliphatic carbocycles. The van der Waals surface area contributed by atoms with Crippen molar-refractivity contribution in [2.24, 2.45) is 0 Å². The predicted octanol–water partition coefficient (Wildman–Crippen LogP) is 3.38. The average molecular weight is 449 g/mol. The van der Waals surface area contributed by atoms with Gasteiger partial charge in [0.2, 0.25) is 0 Å². The Hall–Kier alpha value is -1.51. The molecule has 2 aromatic carbocycles. The second kappa shape index (κ2) is 8.45. The minimum absolute atomic E-state index is 0.0310. The molecular weight excluding hydrogens is 431 g/mol. The van der Waals surface area contributed by atoms with E-state index in [4.69, 9.17) is 9.84 Å². The number of carboxylic acids is 1. The summed E-state index contributed by atoms with van der Waals surface area (Å²) in [4.78, 5) is 14.2. The monoisotopic (exact) mass is 450 g/mol. The SMILES string of the molecule is CSC1(SC)CCOc2c([Se]C#Cc3ccc(C(=O)O)cc3)cccc21. The molecule has 0 bridgehead atoms. The van der Waals surface area contributed by atoms with Gasteiger partial charge in [0, 0.05) is 0 Å². The fourth-order valence-corrected chi connectivity index (χ4v) is 6.25. The van der Waals surface area contributed by atoms with Gasteiger partial charge in [-0.1, -0.05) is 0 Å². The third-order valence-electron chi connectivity index (χ3n) is 4.21. The van der Waals surface area contributed by atoms with Crippen LogP contribution in [0.1, 0.15) is 27.9 Å². The van der Waals surface area contributed by atoms with Gasteiger partial charge >= 0.3 is 169 Å².